The first-order chi connectivity index (χ1) is 9.32. The van der Waals surface area contributed by atoms with Crippen LogP contribution in [0.25, 0.3) is 0 Å². The molecule has 0 bridgehead atoms. The van der Waals surface area contributed by atoms with Crippen molar-refractivity contribution in [2.45, 2.75) is 13.0 Å². The monoisotopic (exact) mass is 341 g/mol. The summed E-state index contributed by atoms with van der Waals surface area (Å²) in [4.78, 5) is 27.0. The fraction of sp³-hybridized carbons (Fsp3) is 0.429. The van der Waals surface area contributed by atoms with Crippen LogP contribution in [0.3, 0.4) is 0 Å². The van der Waals surface area contributed by atoms with Gasteiger partial charge in [0.15, 0.2) is 0 Å². The van der Waals surface area contributed by atoms with Crippen LogP contribution in [0.5, 0.6) is 0 Å². The number of hydrogen-bond donors (Lipinski definition) is 1. The van der Waals surface area contributed by atoms with E-state index in [1.807, 2.05) is 24.3 Å². The highest BCUT2D eigenvalue weighted by Gasteiger charge is 2.21. The third kappa shape index (κ3) is 4.61. The molecular formula is C14H20BrN3O2. The number of anilines is 1. The molecule has 6 heteroatoms. The first-order valence-electron chi connectivity index (χ1n) is 6.28. The molecule has 0 aliphatic rings. The van der Waals surface area contributed by atoms with Gasteiger partial charge in [-0.2, -0.15) is 0 Å². The minimum absolute atomic E-state index is 0.0267. The second kappa shape index (κ2) is 7.40. The summed E-state index contributed by atoms with van der Waals surface area (Å²) < 4.78 is 0.827. The fourth-order valence-electron chi connectivity index (χ4n) is 1.68. The van der Waals surface area contributed by atoms with Gasteiger partial charge < -0.3 is 10.2 Å². The Balaban J connectivity index is 2.58. The third-order valence-corrected chi connectivity index (χ3v) is 3.69. The summed E-state index contributed by atoms with van der Waals surface area (Å²) in [6.07, 6.45) is 0. The highest BCUT2D eigenvalue weighted by molar-refractivity contribution is 9.10. The Kier molecular flexibility index (Phi) is 6.16. The Bertz CT molecular complexity index is 491. The van der Waals surface area contributed by atoms with Crippen LogP contribution in [-0.4, -0.2) is 55.3 Å². The van der Waals surface area contributed by atoms with Crippen molar-refractivity contribution in [3.63, 3.8) is 0 Å². The Labute approximate surface area is 128 Å². The minimum atomic E-state index is -0.338. The maximum absolute atomic E-state index is 12.0. The number of benzene rings is 1. The molecule has 1 aromatic carbocycles. The highest BCUT2D eigenvalue weighted by atomic mass is 79.9. The predicted octanol–water partition coefficient (Wildman–Crippen LogP) is 1.80. The zero-order valence-electron chi connectivity index (χ0n) is 12.2. The number of nitrogens with zero attached hydrogens (tertiary/aromatic N) is 2. The zero-order valence-corrected chi connectivity index (χ0v) is 13.8. The van der Waals surface area contributed by atoms with Gasteiger partial charge in [-0.05, 0) is 42.0 Å². The number of nitrogens with one attached hydrogen (secondary N) is 1. The largest absolute Gasteiger partial charge is 0.347 e. The molecule has 0 unspecified atom stereocenters. The van der Waals surface area contributed by atoms with Crippen molar-refractivity contribution in [2.24, 2.45) is 0 Å². The summed E-state index contributed by atoms with van der Waals surface area (Å²) in [5.74, 6) is -0.181. The van der Waals surface area contributed by atoms with E-state index >= 15 is 0 Å². The lowest BCUT2D eigenvalue weighted by molar-refractivity contribution is -0.133. The number of rotatable bonds is 5. The van der Waals surface area contributed by atoms with Crippen molar-refractivity contribution in [1.82, 2.24) is 9.80 Å². The van der Waals surface area contributed by atoms with E-state index in [4.69, 9.17) is 0 Å². The summed E-state index contributed by atoms with van der Waals surface area (Å²) in [5.41, 5.74) is 0.720. The van der Waals surface area contributed by atoms with Gasteiger partial charge in [0.2, 0.25) is 11.8 Å². The molecule has 1 atom stereocenters. The SMILES string of the molecule is C[C@@H](C(=O)N(C)C)N(C)CC(=O)Nc1ccccc1Br. The van der Waals surface area contributed by atoms with E-state index in [-0.39, 0.29) is 24.4 Å². The highest BCUT2D eigenvalue weighted by Crippen LogP contribution is 2.21. The van der Waals surface area contributed by atoms with Gasteiger partial charge in [0.25, 0.3) is 0 Å². The average molecular weight is 342 g/mol. The van der Waals surface area contributed by atoms with Crippen LogP contribution in [0.2, 0.25) is 0 Å². The van der Waals surface area contributed by atoms with E-state index in [1.165, 1.54) is 4.90 Å². The molecule has 2 amide bonds. The van der Waals surface area contributed by atoms with Gasteiger partial charge in [-0.25, -0.2) is 0 Å². The molecule has 1 aromatic rings. The second-order valence-corrected chi connectivity index (χ2v) is 5.71. The fourth-order valence-corrected chi connectivity index (χ4v) is 2.06. The van der Waals surface area contributed by atoms with Crippen LogP contribution in [0, 0.1) is 0 Å². The molecule has 20 heavy (non-hydrogen) atoms. The van der Waals surface area contributed by atoms with Gasteiger partial charge in [0.05, 0.1) is 18.3 Å². The van der Waals surface area contributed by atoms with E-state index in [1.54, 1.807) is 33.0 Å². The maximum atomic E-state index is 12.0. The number of amides is 2. The standard InChI is InChI=1S/C14H20BrN3O2/c1-10(14(20)17(2)3)18(4)9-13(19)16-12-8-6-5-7-11(12)15/h5-8,10H,9H2,1-4H3,(H,16,19)/t10-/m0/s1. The van der Waals surface area contributed by atoms with Gasteiger partial charge in [0, 0.05) is 18.6 Å². The quantitative estimate of drug-likeness (QED) is 0.888. The van der Waals surface area contributed by atoms with E-state index in [9.17, 15) is 9.59 Å². The molecule has 0 aliphatic heterocycles. The van der Waals surface area contributed by atoms with Gasteiger partial charge in [-0.15, -0.1) is 0 Å². The maximum Gasteiger partial charge on any atom is 0.239 e. The summed E-state index contributed by atoms with van der Waals surface area (Å²) in [6.45, 7) is 1.94. The smallest absolute Gasteiger partial charge is 0.239 e. The summed E-state index contributed by atoms with van der Waals surface area (Å²) >= 11 is 3.37. The normalized spacial score (nSPS) is 12.1. The average Bonchev–Trinajstić information content (AvgIpc) is 2.39. The molecule has 0 radical (unpaired) electrons. The number of hydrogen-bond acceptors (Lipinski definition) is 3. The molecule has 0 aromatic heterocycles. The molecule has 0 fully saturated rings. The summed E-state index contributed by atoms with van der Waals surface area (Å²) in [6, 6.07) is 7.06. The Morgan fingerprint density at radius 2 is 1.85 bits per heavy atom. The van der Waals surface area contributed by atoms with Crippen molar-refractivity contribution in [3.05, 3.63) is 28.7 Å². The lowest BCUT2D eigenvalue weighted by Crippen LogP contribution is -2.45. The Hall–Kier alpha value is -1.40. The first-order valence-corrected chi connectivity index (χ1v) is 7.08. The van der Waals surface area contributed by atoms with Gasteiger partial charge in [-0.1, -0.05) is 12.1 Å². The molecule has 1 rings (SSSR count). The number of para-hydroxylation sites is 1. The van der Waals surface area contributed by atoms with E-state index in [0.29, 0.717) is 0 Å². The van der Waals surface area contributed by atoms with Crippen molar-refractivity contribution >= 4 is 33.4 Å². The van der Waals surface area contributed by atoms with Crippen molar-refractivity contribution in [1.29, 1.82) is 0 Å². The van der Waals surface area contributed by atoms with Gasteiger partial charge >= 0.3 is 0 Å². The molecule has 0 aliphatic carbocycles. The van der Waals surface area contributed by atoms with Gasteiger partial charge in [0.1, 0.15) is 0 Å². The molecule has 0 saturated carbocycles. The predicted molar refractivity (Wildman–Crippen MR) is 83.6 cm³/mol. The van der Waals surface area contributed by atoms with Crippen LogP contribution in [-0.2, 0) is 9.59 Å². The van der Waals surface area contributed by atoms with E-state index in [0.717, 1.165) is 10.2 Å². The molecule has 0 spiro atoms. The first kappa shape index (κ1) is 16.7. The molecule has 110 valence electrons. The molecule has 1 N–H and O–H groups in total. The second-order valence-electron chi connectivity index (χ2n) is 4.85. The van der Waals surface area contributed by atoms with Crippen molar-refractivity contribution < 1.29 is 9.59 Å². The van der Waals surface area contributed by atoms with Crippen LogP contribution >= 0.6 is 15.9 Å². The molecule has 0 heterocycles. The van der Waals surface area contributed by atoms with Crippen molar-refractivity contribution in [2.75, 3.05) is 33.0 Å². The van der Waals surface area contributed by atoms with Crippen LogP contribution in [0.1, 0.15) is 6.92 Å². The zero-order chi connectivity index (χ0) is 15.3. The van der Waals surface area contributed by atoms with Crippen molar-refractivity contribution in [3.8, 4) is 0 Å². The minimum Gasteiger partial charge on any atom is -0.347 e. The topological polar surface area (TPSA) is 52.7 Å². The lowest BCUT2D eigenvalue weighted by atomic mass is 10.2. The number of likely N-dealkylation sites (N-methyl/N-ethyl adjacent to an activating group) is 2. The lowest BCUT2D eigenvalue weighted by Gasteiger charge is -2.25. The Morgan fingerprint density at radius 3 is 2.40 bits per heavy atom. The van der Waals surface area contributed by atoms with E-state index < -0.39 is 0 Å². The van der Waals surface area contributed by atoms with Crippen LogP contribution in [0.4, 0.5) is 5.69 Å². The third-order valence-electron chi connectivity index (χ3n) is 3.00. The number of carbonyl (C=O) groups is 2. The van der Waals surface area contributed by atoms with Gasteiger partial charge in [-0.3, -0.25) is 14.5 Å². The summed E-state index contributed by atoms with van der Waals surface area (Å²) in [5, 5.41) is 2.81. The molecule has 0 saturated heterocycles. The number of carbonyl (C=O) groups excluding carboxylic acids is 2. The van der Waals surface area contributed by atoms with E-state index in [2.05, 4.69) is 21.2 Å². The summed E-state index contributed by atoms with van der Waals surface area (Å²) in [7, 11) is 5.16. The molecular weight excluding hydrogens is 322 g/mol. The Morgan fingerprint density at radius 1 is 1.25 bits per heavy atom. The van der Waals surface area contributed by atoms with Crippen LogP contribution < -0.4 is 5.32 Å². The number of halogens is 1. The van der Waals surface area contributed by atoms with Crippen LogP contribution in [0.15, 0.2) is 28.7 Å². The molecule has 5 nitrogen and oxygen atoms in total.